The van der Waals surface area contributed by atoms with Crippen LogP contribution in [0.4, 0.5) is 0 Å². The summed E-state index contributed by atoms with van der Waals surface area (Å²) in [6.07, 6.45) is 5.12. The fourth-order valence-electron chi connectivity index (χ4n) is 4.21. The Morgan fingerprint density at radius 2 is 1.84 bits per heavy atom. The number of nitrogens with zero attached hydrogens (tertiary/aromatic N) is 2. The molecule has 0 amide bonds. The molecule has 0 aliphatic heterocycles. The molecule has 0 saturated carbocycles. The van der Waals surface area contributed by atoms with Gasteiger partial charge in [0.15, 0.2) is 5.16 Å². The number of hydrogen-bond donors (Lipinski definition) is 2. The van der Waals surface area contributed by atoms with Crippen molar-refractivity contribution in [1.82, 2.24) is 19.9 Å². The second-order valence-electron chi connectivity index (χ2n) is 8.24. The molecule has 4 heterocycles. The van der Waals surface area contributed by atoms with Gasteiger partial charge in [-0.3, -0.25) is 9.59 Å². The molecule has 2 N–H and O–H groups in total. The van der Waals surface area contributed by atoms with Crippen molar-refractivity contribution in [3.63, 3.8) is 0 Å². The standard InChI is InChI=1S/C22H24N4O2S3/c1-4-10(2)8-13-11(3)30-21-17(13)19(28)25-22(26-21)29-9-15-23-18(27)16-12-6-5-7-14(12)31-20(16)24-15/h10H,4-9H2,1-3H3,(H,23,24,27)(H,25,26,28). The van der Waals surface area contributed by atoms with Crippen LogP contribution in [0.1, 0.15) is 53.4 Å². The van der Waals surface area contributed by atoms with Crippen LogP contribution in [0.25, 0.3) is 20.4 Å². The molecular weight excluding hydrogens is 448 g/mol. The Morgan fingerprint density at radius 1 is 1.06 bits per heavy atom. The average Bonchev–Trinajstić information content (AvgIpc) is 3.39. The minimum atomic E-state index is -0.0817. The van der Waals surface area contributed by atoms with Crippen molar-refractivity contribution in [3.8, 4) is 0 Å². The monoisotopic (exact) mass is 472 g/mol. The van der Waals surface area contributed by atoms with Gasteiger partial charge >= 0.3 is 0 Å². The molecule has 6 nitrogen and oxygen atoms in total. The summed E-state index contributed by atoms with van der Waals surface area (Å²) in [5.74, 6) is 1.60. The summed E-state index contributed by atoms with van der Waals surface area (Å²) >= 11 is 4.62. The van der Waals surface area contributed by atoms with Gasteiger partial charge in [0.25, 0.3) is 11.1 Å². The predicted octanol–water partition coefficient (Wildman–Crippen LogP) is 4.96. The summed E-state index contributed by atoms with van der Waals surface area (Å²) in [4.78, 5) is 44.8. The highest BCUT2D eigenvalue weighted by Crippen LogP contribution is 2.35. The van der Waals surface area contributed by atoms with Crippen molar-refractivity contribution in [2.24, 2.45) is 5.92 Å². The van der Waals surface area contributed by atoms with Gasteiger partial charge in [-0.05, 0) is 49.7 Å². The first-order chi connectivity index (χ1) is 14.9. The third-order valence-corrected chi connectivity index (χ3v) is 9.17. The summed E-state index contributed by atoms with van der Waals surface area (Å²) in [5.41, 5.74) is 2.18. The zero-order valence-electron chi connectivity index (χ0n) is 17.8. The molecule has 9 heteroatoms. The molecular formula is C22H24N4O2S3. The Kier molecular flexibility index (Phi) is 5.52. The van der Waals surface area contributed by atoms with Gasteiger partial charge in [0.2, 0.25) is 0 Å². The van der Waals surface area contributed by atoms with Crippen LogP contribution in [0.5, 0.6) is 0 Å². The van der Waals surface area contributed by atoms with Gasteiger partial charge in [0.05, 0.1) is 16.5 Å². The summed E-state index contributed by atoms with van der Waals surface area (Å²) < 4.78 is 0. The van der Waals surface area contributed by atoms with Crippen LogP contribution in [0.3, 0.4) is 0 Å². The Bertz CT molecular complexity index is 1410. The first-order valence-electron chi connectivity index (χ1n) is 10.6. The molecule has 0 aromatic carbocycles. The van der Waals surface area contributed by atoms with E-state index in [4.69, 9.17) is 4.98 Å². The first kappa shape index (κ1) is 20.9. The predicted molar refractivity (Wildman–Crippen MR) is 130 cm³/mol. The van der Waals surface area contributed by atoms with Crippen molar-refractivity contribution >= 4 is 54.9 Å². The number of rotatable bonds is 6. The average molecular weight is 473 g/mol. The molecule has 1 unspecified atom stereocenters. The minimum absolute atomic E-state index is 0.0551. The molecule has 5 rings (SSSR count). The normalized spacial score (nSPS) is 14.5. The molecule has 1 aliphatic carbocycles. The van der Waals surface area contributed by atoms with E-state index in [1.165, 1.54) is 22.2 Å². The van der Waals surface area contributed by atoms with Gasteiger partial charge in [0, 0.05) is 9.75 Å². The highest BCUT2D eigenvalue weighted by Gasteiger charge is 2.21. The van der Waals surface area contributed by atoms with E-state index in [-0.39, 0.29) is 11.1 Å². The van der Waals surface area contributed by atoms with Gasteiger partial charge in [0.1, 0.15) is 15.5 Å². The SMILES string of the molecule is CCC(C)Cc1c(C)sc2nc(SCc3nc4sc5c(c4c(=O)[nH]3)CCC5)[nH]c(=O)c12. The van der Waals surface area contributed by atoms with E-state index in [0.717, 1.165) is 63.0 Å². The van der Waals surface area contributed by atoms with E-state index >= 15 is 0 Å². The number of aromatic amines is 2. The van der Waals surface area contributed by atoms with Crippen molar-refractivity contribution < 1.29 is 0 Å². The zero-order chi connectivity index (χ0) is 21.7. The molecule has 0 fully saturated rings. The van der Waals surface area contributed by atoms with Gasteiger partial charge in [-0.15, -0.1) is 22.7 Å². The fourth-order valence-corrected chi connectivity index (χ4v) is 7.34. The number of fused-ring (bicyclic) bond motifs is 4. The van der Waals surface area contributed by atoms with Crippen LogP contribution in [0, 0.1) is 12.8 Å². The van der Waals surface area contributed by atoms with E-state index < -0.39 is 0 Å². The quantitative estimate of drug-likeness (QED) is 0.306. The molecule has 4 aromatic rings. The van der Waals surface area contributed by atoms with Crippen LogP contribution in [0.15, 0.2) is 14.7 Å². The molecule has 4 aromatic heterocycles. The second-order valence-corrected chi connectivity index (χ2v) is 11.5. The topological polar surface area (TPSA) is 91.5 Å². The van der Waals surface area contributed by atoms with Gasteiger partial charge in [-0.1, -0.05) is 32.0 Å². The van der Waals surface area contributed by atoms with E-state index in [1.54, 1.807) is 22.7 Å². The van der Waals surface area contributed by atoms with E-state index in [9.17, 15) is 9.59 Å². The second kappa shape index (κ2) is 8.18. The molecule has 162 valence electrons. The number of aryl methyl sites for hydroxylation is 3. The number of hydrogen-bond acceptors (Lipinski definition) is 7. The number of aromatic nitrogens is 4. The molecule has 0 spiro atoms. The highest BCUT2D eigenvalue weighted by molar-refractivity contribution is 7.98. The van der Waals surface area contributed by atoms with E-state index in [1.807, 2.05) is 0 Å². The molecule has 0 radical (unpaired) electrons. The number of thioether (sulfide) groups is 1. The lowest BCUT2D eigenvalue weighted by Gasteiger charge is -2.08. The van der Waals surface area contributed by atoms with Crippen molar-refractivity contribution in [2.75, 3.05) is 0 Å². The molecule has 1 atom stereocenters. The Hall–Kier alpha value is -1.97. The van der Waals surface area contributed by atoms with E-state index in [2.05, 4.69) is 35.7 Å². The van der Waals surface area contributed by atoms with Crippen LogP contribution < -0.4 is 11.1 Å². The first-order valence-corrected chi connectivity index (χ1v) is 13.2. The highest BCUT2D eigenvalue weighted by atomic mass is 32.2. The third-order valence-electron chi connectivity index (χ3n) is 6.06. The number of nitrogens with one attached hydrogen (secondary N) is 2. The maximum Gasteiger partial charge on any atom is 0.260 e. The third kappa shape index (κ3) is 3.76. The lowest BCUT2D eigenvalue weighted by Crippen LogP contribution is -2.12. The lowest BCUT2D eigenvalue weighted by molar-refractivity contribution is 0.561. The Morgan fingerprint density at radius 3 is 2.65 bits per heavy atom. The summed E-state index contributed by atoms with van der Waals surface area (Å²) in [7, 11) is 0. The van der Waals surface area contributed by atoms with Crippen molar-refractivity contribution in [3.05, 3.63) is 47.4 Å². The van der Waals surface area contributed by atoms with Crippen molar-refractivity contribution in [2.45, 2.75) is 63.8 Å². The lowest BCUT2D eigenvalue weighted by atomic mass is 9.98. The molecule has 31 heavy (non-hydrogen) atoms. The summed E-state index contributed by atoms with van der Waals surface area (Å²) in [6.45, 7) is 6.45. The largest absolute Gasteiger partial charge is 0.309 e. The molecule has 0 bridgehead atoms. The van der Waals surface area contributed by atoms with Crippen LogP contribution in [0.2, 0.25) is 0 Å². The van der Waals surface area contributed by atoms with Crippen molar-refractivity contribution in [1.29, 1.82) is 0 Å². The van der Waals surface area contributed by atoms with Gasteiger partial charge in [-0.25, -0.2) is 9.97 Å². The molecule has 0 saturated heterocycles. The summed E-state index contributed by atoms with van der Waals surface area (Å²) in [6, 6.07) is 0. The number of thiophene rings is 2. The minimum Gasteiger partial charge on any atom is -0.309 e. The summed E-state index contributed by atoms with van der Waals surface area (Å²) in [5, 5.41) is 2.06. The maximum atomic E-state index is 12.8. The van der Waals surface area contributed by atoms with Crippen LogP contribution >= 0.6 is 34.4 Å². The van der Waals surface area contributed by atoms with Crippen LogP contribution in [-0.4, -0.2) is 19.9 Å². The fraction of sp³-hybridized carbons (Fsp3) is 0.455. The Balaban J connectivity index is 1.42. The smallest absolute Gasteiger partial charge is 0.260 e. The zero-order valence-corrected chi connectivity index (χ0v) is 20.2. The number of H-pyrrole nitrogens is 2. The van der Waals surface area contributed by atoms with Crippen LogP contribution in [-0.2, 0) is 25.0 Å². The Labute approximate surface area is 191 Å². The van der Waals surface area contributed by atoms with E-state index in [0.29, 0.717) is 22.7 Å². The van der Waals surface area contributed by atoms with Gasteiger partial charge in [-0.2, -0.15) is 0 Å². The maximum absolute atomic E-state index is 12.8. The molecule has 1 aliphatic rings. The van der Waals surface area contributed by atoms with Gasteiger partial charge < -0.3 is 9.97 Å².